The molecule has 0 bridgehead atoms. The van der Waals surface area contributed by atoms with Gasteiger partial charge in [-0.15, -0.1) is 0 Å². The molecule has 0 rings (SSSR count). The van der Waals surface area contributed by atoms with Crippen molar-refractivity contribution in [3.8, 4) is 0 Å². The summed E-state index contributed by atoms with van der Waals surface area (Å²) in [7, 11) is 8.75. The molecular weight excluding hydrogens is 261 g/mol. The van der Waals surface area contributed by atoms with E-state index >= 15 is 0 Å². The van der Waals surface area contributed by atoms with Crippen molar-refractivity contribution in [2.45, 2.75) is 0 Å². The molecule has 0 radical (unpaired) electrons. The first kappa shape index (κ1) is 12.9. The predicted molar refractivity (Wildman–Crippen MR) is 31.7 cm³/mol. The molecule has 9 heavy (non-hydrogen) atoms. The standard InChI is InChI=1S/3ClH.Co.H2O4S/c;;;;1-5(2,3)4/h3*1H;;(H2,1,2,3,4)/q;;;+3;/p-3. The summed E-state index contributed by atoms with van der Waals surface area (Å²) in [5.41, 5.74) is 0. The average Bonchev–Trinajstić information content (AvgIpc) is 1.19. The summed E-state index contributed by atoms with van der Waals surface area (Å²) < 4.78 is 31.6. The van der Waals surface area contributed by atoms with Crippen LogP contribution in [0.3, 0.4) is 0 Å². The molecule has 0 aromatic rings. The van der Waals surface area contributed by atoms with Gasteiger partial charge in [0.15, 0.2) is 0 Å². The molecule has 0 unspecified atom stereocenters. The summed E-state index contributed by atoms with van der Waals surface area (Å²) in [4.78, 5) is 0. The van der Waals surface area contributed by atoms with E-state index in [1.54, 1.807) is 0 Å². The van der Waals surface area contributed by atoms with Gasteiger partial charge in [-0.2, -0.15) is 8.42 Å². The first-order chi connectivity index (χ1) is 3.73. The summed E-state index contributed by atoms with van der Waals surface area (Å²) in [6.45, 7) is 0. The Morgan fingerprint density at radius 3 is 1.11 bits per heavy atom. The van der Waals surface area contributed by atoms with E-state index < -0.39 is 21.3 Å². The fourth-order valence-electron chi connectivity index (χ4n) is 0. The minimum atomic E-state index is -4.67. The second-order valence-electron chi connectivity index (χ2n) is 0.591. The normalized spacial score (nSPS) is 11.4. The van der Waals surface area contributed by atoms with Gasteiger partial charge in [-0.3, -0.25) is 9.11 Å². The SMILES string of the molecule is O=S(=O)(O)O.[Cl][Co]([Cl])[Cl]. The molecule has 0 amide bonds. The number of hydrogen-bond donors (Lipinski definition) is 2. The Hall–Kier alpha value is 1.25. The van der Waals surface area contributed by atoms with Gasteiger partial charge in [0.2, 0.25) is 0 Å². The molecular formula is H2Cl3CoO4S. The molecule has 0 heterocycles. The molecule has 0 saturated heterocycles. The van der Waals surface area contributed by atoms with Crippen LogP contribution in [0.2, 0.25) is 0 Å². The molecule has 9 heteroatoms. The van der Waals surface area contributed by atoms with Crippen molar-refractivity contribution in [3.63, 3.8) is 0 Å². The van der Waals surface area contributed by atoms with Gasteiger partial charge < -0.3 is 0 Å². The van der Waals surface area contributed by atoms with Gasteiger partial charge in [0.1, 0.15) is 0 Å². The summed E-state index contributed by atoms with van der Waals surface area (Å²) in [6.07, 6.45) is 0. The van der Waals surface area contributed by atoms with Crippen LogP contribution in [0.15, 0.2) is 0 Å². The van der Waals surface area contributed by atoms with Crippen LogP contribution >= 0.6 is 30.4 Å². The minimum absolute atomic E-state index is 1.19. The average molecular weight is 263 g/mol. The van der Waals surface area contributed by atoms with Crippen molar-refractivity contribution < 1.29 is 28.5 Å². The summed E-state index contributed by atoms with van der Waals surface area (Å²) >= 11 is 0. The van der Waals surface area contributed by atoms with Crippen LogP contribution in [0.25, 0.3) is 0 Å². The zero-order chi connectivity index (χ0) is 8.08. The van der Waals surface area contributed by atoms with Gasteiger partial charge in [-0.1, -0.05) is 0 Å². The Labute approximate surface area is 69.2 Å². The van der Waals surface area contributed by atoms with Crippen LogP contribution in [0.4, 0.5) is 0 Å². The Bertz CT molecular complexity index is 127. The molecule has 0 atom stereocenters. The first-order valence-electron chi connectivity index (χ1n) is 1.08. The number of halogens is 3. The van der Waals surface area contributed by atoms with Gasteiger partial charge in [0.25, 0.3) is 0 Å². The van der Waals surface area contributed by atoms with Gasteiger partial charge in [0.05, 0.1) is 0 Å². The van der Waals surface area contributed by atoms with E-state index in [-0.39, 0.29) is 0 Å². The van der Waals surface area contributed by atoms with Gasteiger partial charge in [-0.05, 0) is 0 Å². The van der Waals surface area contributed by atoms with Crippen molar-refractivity contribution in [2.75, 3.05) is 0 Å². The Kier molecular flexibility index (Phi) is 8.57. The molecule has 4 nitrogen and oxygen atoms in total. The third-order valence-electron chi connectivity index (χ3n) is 0. The van der Waals surface area contributed by atoms with Crippen molar-refractivity contribution in [1.82, 2.24) is 0 Å². The number of rotatable bonds is 0. The van der Waals surface area contributed by atoms with E-state index in [0.717, 1.165) is 0 Å². The van der Waals surface area contributed by atoms with Crippen LogP contribution < -0.4 is 0 Å². The van der Waals surface area contributed by atoms with Crippen molar-refractivity contribution in [2.24, 2.45) is 0 Å². The van der Waals surface area contributed by atoms with Gasteiger partial charge in [0, 0.05) is 0 Å². The fourth-order valence-corrected chi connectivity index (χ4v) is 0. The van der Waals surface area contributed by atoms with E-state index in [1.165, 1.54) is 0 Å². The van der Waals surface area contributed by atoms with E-state index in [4.69, 9.17) is 48.0 Å². The van der Waals surface area contributed by atoms with E-state index in [1.807, 2.05) is 0 Å². The number of hydrogen-bond acceptors (Lipinski definition) is 2. The van der Waals surface area contributed by atoms with Gasteiger partial charge in [-0.25, -0.2) is 0 Å². The maximum absolute atomic E-state index is 8.74. The van der Waals surface area contributed by atoms with E-state index in [0.29, 0.717) is 0 Å². The van der Waals surface area contributed by atoms with Gasteiger partial charge >= 0.3 is 51.8 Å². The molecule has 0 aromatic heterocycles. The predicted octanol–water partition coefficient (Wildman–Crippen LogP) is 1.41. The maximum atomic E-state index is 8.74. The molecule has 0 spiro atoms. The van der Waals surface area contributed by atoms with Crippen LogP contribution in [-0.2, 0) is 21.3 Å². The second-order valence-corrected chi connectivity index (χ2v) is 6.64. The van der Waals surface area contributed by atoms with Crippen LogP contribution in [0.1, 0.15) is 0 Å². The third-order valence-corrected chi connectivity index (χ3v) is 0. The second kappa shape index (κ2) is 5.99. The summed E-state index contributed by atoms with van der Waals surface area (Å²) in [5, 5.41) is 0. The summed E-state index contributed by atoms with van der Waals surface area (Å²) in [5.74, 6) is 0. The molecule has 0 fully saturated rings. The quantitative estimate of drug-likeness (QED) is 0.648. The van der Waals surface area contributed by atoms with Crippen LogP contribution in [0, 0.1) is 0 Å². The zero-order valence-electron chi connectivity index (χ0n) is 3.59. The topological polar surface area (TPSA) is 74.6 Å². The fraction of sp³-hybridized carbons (Fsp3) is 0. The molecule has 0 saturated carbocycles. The van der Waals surface area contributed by atoms with E-state index in [9.17, 15) is 0 Å². The van der Waals surface area contributed by atoms with Crippen LogP contribution in [-0.4, -0.2) is 17.5 Å². The Morgan fingerprint density at radius 2 is 1.11 bits per heavy atom. The van der Waals surface area contributed by atoms with E-state index in [2.05, 4.69) is 0 Å². The molecule has 0 aliphatic heterocycles. The van der Waals surface area contributed by atoms with Crippen molar-refractivity contribution in [3.05, 3.63) is 0 Å². The summed E-state index contributed by atoms with van der Waals surface area (Å²) in [6, 6.07) is 0. The zero-order valence-corrected chi connectivity index (χ0v) is 7.71. The molecule has 0 aliphatic carbocycles. The first-order valence-corrected chi connectivity index (χ1v) is 6.77. The molecule has 2 N–H and O–H groups in total. The third kappa shape index (κ3) is 313. The van der Waals surface area contributed by atoms with Crippen molar-refractivity contribution >= 4 is 40.8 Å². The van der Waals surface area contributed by atoms with Crippen molar-refractivity contribution in [1.29, 1.82) is 0 Å². The monoisotopic (exact) mass is 262 g/mol. The Morgan fingerprint density at radius 1 is 1.11 bits per heavy atom. The molecule has 0 aliphatic rings. The molecule has 0 aromatic carbocycles. The molecule has 62 valence electrons. The van der Waals surface area contributed by atoms with Crippen LogP contribution in [0.5, 0.6) is 0 Å². The Balaban J connectivity index is 0.